The number of hydrogen-bond donors (Lipinski definition) is 0. The fourth-order valence-corrected chi connectivity index (χ4v) is 2.66. The number of pyridine rings is 1. The van der Waals surface area contributed by atoms with E-state index in [0.717, 1.165) is 27.8 Å². The number of benzene rings is 2. The molecule has 0 saturated heterocycles. The number of nitrogens with zero attached hydrogens (tertiary/aromatic N) is 1. The van der Waals surface area contributed by atoms with Gasteiger partial charge in [0, 0.05) is 30.6 Å². The molecule has 1 heterocycles. The summed E-state index contributed by atoms with van der Waals surface area (Å²) in [5.74, 6) is 0. The highest BCUT2D eigenvalue weighted by Crippen LogP contribution is 2.22. The Morgan fingerprint density at radius 3 is 2.05 bits per heavy atom. The van der Waals surface area contributed by atoms with Crippen LogP contribution in [0.5, 0.6) is 0 Å². The number of hydrogen-bond acceptors (Lipinski definition) is 1. The maximum absolute atomic E-state index is 12.9. The van der Waals surface area contributed by atoms with Gasteiger partial charge in [-0.25, -0.2) is 0 Å². The van der Waals surface area contributed by atoms with Crippen molar-refractivity contribution in [3.05, 3.63) is 82.3 Å². The molecule has 110 valence electrons. The summed E-state index contributed by atoms with van der Waals surface area (Å²) in [5, 5.41) is 0. The topological polar surface area (TPSA) is 22.0 Å². The molecule has 2 heteroatoms. The zero-order chi connectivity index (χ0) is 15.7. The summed E-state index contributed by atoms with van der Waals surface area (Å²) in [5.41, 5.74) is 5.82. The smallest absolute Gasteiger partial charge is 0.197 e. The van der Waals surface area contributed by atoms with E-state index in [-0.39, 0.29) is 5.43 Å². The van der Waals surface area contributed by atoms with Crippen LogP contribution in [0.15, 0.2) is 65.7 Å². The quantitative estimate of drug-likeness (QED) is 0.688. The molecule has 0 bridgehead atoms. The Balaban J connectivity index is 2.22. The van der Waals surface area contributed by atoms with Crippen LogP contribution in [-0.4, -0.2) is 4.57 Å². The Hall–Kier alpha value is -2.61. The normalized spacial score (nSPS) is 10.7. The lowest BCUT2D eigenvalue weighted by Gasteiger charge is -2.10. The number of aryl methyl sites for hydroxylation is 3. The Kier molecular flexibility index (Phi) is 3.68. The van der Waals surface area contributed by atoms with E-state index < -0.39 is 0 Å². The highest BCUT2D eigenvalue weighted by atomic mass is 16.1. The minimum atomic E-state index is 0.0764. The minimum Gasteiger partial charge on any atom is -0.356 e. The summed E-state index contributed by atoms with van der Waals surface area (Å²) in [6.45, 7) is 4.09. The molecule has 0 saturated carbocycles. The Labute approximate surface area is 130 Å². The highest BCUT2D eigenvalue weighted by Gasteiger charge is 2.10. The highest BCUT2D eigenvalue weighted by molar-refractivity contribution is 5.72. The van der Waals surface area contributed by atoms with Gasteiger partial charge in [-0.2, -0.15) is 0 Å². The maximum atomic E-state index is 12.9. The maximum Gasteiger partial charge on any atom is 0.197 e. The van der Waals surface area contributed by atoms with Crippen molar-refractivity contribution in [1.82, 2.24) is 4.57 Å². The molecule has 3 aromatic rings. The summed E-state index contributed by atoms with van der Waals surface area (Å²) >= 11 is 0. The average molecular weight is 289 g/mol. The van der Waals surface area contributed by atoms with Crippen molar-refractivity contribution in [2.24, 2.45) is 7.05 Å². The monoisotopic (exact) mass is 289 g/mol. The van der Waals surface area contributed by atoms with Crippen LogP contribution < -0.4 is 5.43 Å². The van der Waals surface area contributed by atoms with Gasteiger partial charge in [-0.1, -0.05) is 59.7 Å². The molecule has 3 rings (SSSR count). The Bertz CT molecular complexity index is 873. The summed E-state index contributed by atoms with van der Waals surface area (Å²) < 4.78 is 1.95. The first kappa shape index (κ1) is 14.3. The van der Waals surface area contributed by atoms with Crippen LogP contribution in [0.4, 0.5) is 0 Å². The lowest BCUT2D eigenvalue weighted by atomic mass is 9.99. The molecule has 0 N–H and O–H groups in total. The molecule has 0 aliphatic heterocycles. The van der Waals surface area contributed by atoms with Gasteiger partial charge < -0.3 is 4.57 Å². The second kappa shape index (κ2) is 5.64. The van der Waals surface area contributed by atoms with Gasteiger partial charge in [0.15, 0.2) is 5.43 Å². The van der Waals surface area contributed by atoms with Gasteiger partial charge >= 0.3 is 0 Å². The van der Waals surface area contributed by atoms with Crippen molar-refractivity contribution >= 4 is 0 Å². The van der Waals surface area contributed by atoms with Crippen molar-refractivity contribution in [2.75, 3.05) is 0 Å². The van der Waals surface area contributed by atoms with Gasteiger partial charge in [-0.15, -0.1) is 0 Å². The van der Waals surface area contributed by atoms with Crippen LogP contribution in [0.25, 0.3) is 22.3 Å². The van der Waals surface area contributed by atoms with Gasteiger partial charge in [0.05, 0.1) is 0 Å². The van der Waals surface area contributed by atoms with E-state index in [4.69, 9.17) is 0 Å². The molecule has 2 aromatic carbocycles. The molecule has 0 radical (unpaired) electrons. The third-order valence-corrected chi connectivity index (χ3v) is 3.85. The van der Waals surface area contributed by atoms with E-state index in [1.165, 1.54) is 5.56 Å². The summed E-state index contributed by atoms with van der Waals surface area (Å²) in [4.78, 5) is 12.9. The van der Waals surface area contributed by atoms with Crippen molar-refractivity contribution in [3.63, 3.8) is 0 Å². The predicted molar refractivity (Wildman–Crippen MR) is 92.0 cm³/mol. The SMILES string of the molecule is Cc1ccc(-c2cn(C)cc(-c3cccc(C)c3)c2=O)cc1. The average Bonchev–Trinajstić information content (AvgIpc) is 2.50. The van der Waals surface area contributed by atoms with Crippen LogP contribution in [0.1, 0.15) is 11.1 Å². The van der Waals surface area contributed by atoms with Crippen LogP contribution in [0.3, 0.4) is 0 Å². The molecule has 0 spiro atoms. The zero-order valence-electron chi connectivity index (χ0n) is 13.1. The van der Waals surface area contributed by atoms with Crippen molar-refractivity contribution in [3.8, 4) is 22.3 Å². The number of rotatable bonds is 2. The molecule has 0 aliphatic carbocycles. The van der Waals surface area contributed by atoms with Crippen molar-refractivity contribution in [2.45, 2.75) is 13.8 Å². The molecule has 0 atom stereocenters. The third-order valence-electron chi connectivity index (χ3n) is 3.85. The van der Waals surface area contributed by atoms with Crippen LogP contribution >= 0.6 is 0 Å². The minimum absolute atomic E-state index is 0.0764. The molecular weight excluding hydrogens is 270 g/mol. The number of aromatic nitrogens is 1. The van der Waals surface area contributed by atoms with Gasteiger partial charge in [0.1, 0.15) is 0 Å². The molecule has 2 nitrogen and oxygen atoms in total. The van der Waals surface area contributed by atoms with E-state index >= 15 is 0 Å². The Morgan fingerprint density at radius 1 is 0.773 bits per heavy atom. The summed E-state index contributed by atoms with van der Waals surface area (Å²) in [6, 6.07) is 16.2. The molecule has 0 aliphatic rings. The standard InChI is InChI=1S/C20H19NO/c1-14-7-9-16(10-8-14)18-12-21(3)13-19(20(18)22)17-6-4-5-15(2)11-17/h4-13H,1-3H3. The molecule has 0 unspecified atom stereocenters. The molecule has 22 heavy (non-hydrogen) atoms. The second-order valence-corrected chi connectivity index (χ2v) is 5.82. The fourth-order valence-electron chi connectivity index (χ4n) is 2.66. The fraction of sp³-hybridized carbons (Fsp3) is 0.150. The second-order valence-electron chi connectivity index (χ2n) is 5.82. The lowest BCUT2D eigenvalue weighted by molar-refractivity contribution is 0.904. The van der Waals surface area contributed by atoms with Crippen molar-refractivity contribution < 1.29 is 0 Å². The predicted octanol–water partition coefficient (Wildman–Crippen LogP) is 4.34. The molecule has 1 aromatic heterocycles. The summed E-state index contributed by atoms with van der Waals surface area (Å²) in [7, 11) is 1.95. The van der Waals surface area contributed by atoms with Crippen molar-refractivity contribution in [1.29, 1.82) is 0 Å². The van der Waals surface area contributed by atoms with E-state index in [9.17, 15) is 4.79 Å². The molecule has 0 amide bonds. The van der Waals surface area contributed by atoms with Gasteiger partial charge in [-0.05, 0) is 25.0 Å². The molecular formula is C20H19NO. The largest absolute Gasteiger partial charge is 0.356 e. The van der Waals surface area contributed by atoms with Crippen LogP contribution in [0.2, 0.25) is 0 Å². The van der Waals surface area contributed by atoms with Gasteiger partial charge in [0.2, 0.25) is 0 Å². The lowest BCUT2D eigenvalue weighted by Crippen LogP contribution is -2.11. The summed E-state index contributed by atoms with van der Waals surface area (Å²) in [6.07, 6.45) is 3.79. The van der Waals surface area contributed by atoms with E-state index in [1.807, 2.05) is 80.3 Å². The first-order valence-corrected chi connectivity index (χ1v) is 7.39. The molecule has 0 fully saturated rings. The van der Waals surface area contributed by atoms with Crippen LogP contribution in [-0.2, 0) is 7.05 Å². The van der Waals surface area contributed by atoms with E-state index in [2.05, 4.69) is 6.07 Å². The first-order chi connectivity index (χ1) is 10.5. The first-order valence-electron chi connectivity index (χ1n) is 7.39. The van der Waals surface area contributed by atoms with E-state index in [1.54, 1.807) is 0 Å². The van der Waals surface area contributed by atoms with Crippen LogP contribution in [0, 0.1) is 13.8 Å². The third kappa shape index (κ3) is 2.73. The van der Waals surface area contributed by atoms with Gasteiger partial charge in [-0.3, -0.25) is 4.79 Å². The van der Waals surface area contributed by atoms with Gasteiger partial charge in [0.25, 0.3) is 0 Å². The van der Waals surface area contributed by atoms with E-state index in [0.29, 0.717) is 0 Å². The Morgan fingerprint density at radius 2 is 1.41 bits per heavy atom. The zero-order valence-corrected chi connectivity index (χ0v) is 13.1.